The number of amides is 1. The lowest BCUT2D eigenvalue weighted by Crippen LogP contribution is -2.30. The standard InChI is InChI=1S/C16H19BrN6O3/c1-3-4-9-22(2)15-13(23(25)26)14(18-10-19-15)20-21-16(24)11-5-7-12(17)8-6-11/h5-8,10H,3-4,9H2,1-2H3,(H,21,24)(H,18,19,20). The lowest BCUT2D eigenvalue weighted by atomic mass is 10.2. The van der Waals surface area contributed by atoms with Gasteiger partial charge in [0, 0.05) is 23.6 Å². The van der Waals surface area contributed by atoms with Crippen molar-refractivity contribution < 1.29 is 9.72 Å². The number of halogens is 1. The fourth-order valence-electron chi connectivity index (χ4n) is 2.20. The normalized spacial score (nSPS) is 10.3. The second kappa shape index (κ2) is 9.09. The van der Waals surface area contributed by atoms with Crippen LogP contribution in [-0.4, -0.2) is 34.4 Å². The Morgan fingerprint density at radius 2 is 2.00 bits per heavy atom. The Bertz CT molecular complexity index is 784. The van der Waals surface area contributed by atoms with Crippen LogP contribution in [0.4, 0.5) is 17.3 Å². The van der Waals surface area contributed by atoms with Gasteiger partial charge in [-0.2, -0.15) is 0 Å². The molecule has 0 aliphatic heterocycles. The van der Waals surface area contributed by atoms with Gasteiger partial charge in [0.1, 0.15) is 6.33 Å². The van der Waals surface area contributed by atoms with Crippen LogP contribution in [0.3, 0.4) is 0 Å². The Kier molecular flexibility index (Phi) is 6.84. The maximum Gasteiger partial charge on any atom is 0.355 e. The minimum Gasteiger partial charge on any atom is -0.354 e. The molecule has 0 radical (unpaired) electrons. The summed E-state index contributed by atoms with van der Waals surface area (Å²) in [5.74, 6) is -0.320. The van der Waals surface area contributed by atoms with Gasteiger partial charge < -0.3 is 4.90 Å². The number of nitrogens with one attached hydrogen (secondary N) is 2. The Morgan fingerprint density at radius 1 is 1.31 bits per heavy atom. The number of carbonyl (C=O) groups excluding carboxylic acids is 1. The number of benzene rings is 1. The highest BCUT2D eigenvalue weighted by Gasteiger charge is 2.25. The van der Waals surface area contributed by atoms with Gasteiger partial charge in [-0.1, -0.05) is 29.3 Å². The number of nitro groups is 1. The van der Waals surface area contributed by atoms with Gasteiger partial charge in [-0.15, -0.1) is 0 Å². The van der Waals surface area contributed by atoms with Crippen molar-refractivity contribution in [3.05, 3.63) is 50.7 Å². The minimum absolute atomic E-state index is 0.0752. The average molecular weight is 423 g/mol. The van der Waals surface area contributed by atoms with Gasteiger partial charge in [0.15, 0.2) is 0 Å². The molecule has 1 aromatic carbocycles. The summed E-state index contributed by atoms with van der Waals surface area (Å²) in [5, 5.41) is 11.5. The number of rotatable bonds is 8. The highest BCUT2D eigenvalue weighted by Crippen LogP contribution is 2.30. The van der Waals surface area contributed by atoms with Gasteiger partial charge in [0.25, 0.3) is 5.91 Å². The number of aromatic nitrogens is 2. The van der Waals surface area contributed by atoms with Crippen molar-refractivity contribution >= 4 is 39.2 Å². The van der Waals surface area contributed by atoms with Crippen LogP contribution in [0.25, 0.3) is 0 Å². The first-order chi connectivity index (χ1) is 12.4. The van der Waals surface area contributed by atoms with Crippen molar-refractivity contribution in [3.63, 3.8) is 0 Å². The van der Waals surface area contributed by atoms with Crippen molar-refractivity contribution in [1.82, 2.24) is 15.4 Å². The third-order valence-corrected chi connectivity index (χ3v) is 4.12. The monoisotopic (exact) mass is 422 g/mol. The fourth-order valence-corrected chi connectivity index (χ4v) is 2.46. The van der Waals surface area contributed by atoms with Crippen molar-refractivity contribution in [2.75, 3.05) is 23.9 Å². The quantitative estimate of drug-likeness (QED) is 0.495. The molecule has 2 rings (SSSR count). The molecule has 2 aromatic rings. The molecule has 26 heavy (non-hydrogen) atoms. The molecule has 1 amide bonds. The number of unbranched alkanes of at least 4 members (excludes halogenated alkanes) is 1. The summed E-state index contributed by atoms with van der Waals surface area (Å²) < 4.78 is 0.841. The van der Waals surface area contributed by atoms with Gasteiger partial charge in [-0.3, -0.25) is 25.8 Å². The Morgan fingerprint density at radius 3 is 2.62 bits per heavy atom. The lowest BCUT2D eigenvalue weighted by molar-refractivity contribution is -0.383. The molecule has 1 aromatic heterocycles. The van der Waals surface area contributed by atoms with E-state index < -0.39 is 10.8 Å². The maximum atomic E-state index is 12.2. The predicted octanol–water partition coefficient (Wildman–Crippen LogP) is 3.14. The van der Waals surface area contributed by atoms with E-state index in [0.29, 0.717) is 12.1 Å². The fraction of sp³-hybridized carbons (Fsp3) is 0.312. The molecule has 10 heteroatoms. The van der Waals surface area contributed by atoms with Crippen molar-refractivity contribution in [2.45, 2.75) is 19.8 Å². The maximum absolute atomic E-state index is 12.2. The molecular weight excluding hydrogens is 404 g/mol. The van der Waals surface area contributed by atoms with Crippen LogP contribution in [-0.2, 0) is 0 Å². The summed E-state index contributed by atoms with van der Waals surface area (Å²) >= 11 is 3.29. The smallest absolute Gasteiger partial charge is 0.354 e. The van der Waals surface area contributed by atoms with Crippen LogP contribution in [0.1, 0.15) is 30.1 Å². The van der Waals surface area contributed by atoms with Crippen LogP contribution in [0.2, 0.25) is 0 Å². The largest absolute Gasteiger partial charge is 0.355 e. The lowest BCUT2D eigenvalue weighted by Gasteiger charge is -2.18. The van der Waals surface area contributed by atoms with Crippen molar-refractivity contribution in [3.8, 4) is 0 Å². The molecule has 0 atom stereocenters. The van der Waals surface area contributed by atoms with E-state index in [0.717, 1.165) is 17.3 Å². The van der Waals surface area contributed by atoms with Crippen LogP contribution in [0, 0.1) is 10.1 Å². The average Bonchev–Trinajstić information content (AvgIpc) is 2.64. The highest BCUT2D eigenvalue weighted by atomic mass is 79.9. The second-order valence-electron chi connectivity index (χ2n) is 5.51. The highest BCUT2D eigenvalue weighted by molar-refractivity contribution is 9.10. The molecule has 0 aliphatic carbocycles. The van der Waals surface area contributed by atoms with E-state index in [2.05, 4.69) is 36.7 Å². The van der Waals surface area contributed by atoms with Crippen LogP contribution < -0.4 is 15.8 Å². The Balaban J connectivity index is 2.19. The van der Waals surface area contributed by atoms with Crippen molar-refractivity contribution in [1.29, 1.82) is 0 Å². The van der Waals surface area contributed by atoms with Gasteiger partial charge in [0.05, 0.1) is 4.92 Å². The summed E-state index contributed by atoms with van der Waals surface area (Å²) in [5.41, 5.74) is 5.06. The van der Waals surface area contributed by atoms with Gasteiger partial charge in [0.2, 0.25) is 11.6 Å². The molecular formula is C16H19BrN6O3. The molecule has 2 N–H and O–H groups in total. The van der Waals surface area contributed by atoms with E-state index >= 15 is 0 Å². The molecule has 1 heterocycles. The zero-order valence-corrected chi connectivity index (χ0v) is 16.0. The van der Waals surface area contributed by atoms with E-state index in [1.165, 1.54) is 6.33 Å². The molecule has 0 bridgehead atoms. The zero-order chi connectivity index (χ0) is 19.1. The number of carbonyl (C=O) groups is 1. The van der Waals surface area contributed by atoms with Gasteiger partial charge in [-0.25, -0.2) is 9.97 Å². The Labute approximate surface area is 159 Å². The van der Waals surface area contributed by atoms with Gasteiger partial charge >= 0.3 is 5.69 Å². The topological polar surface area (TPSA) is 113 Å². The first-order valence-electron chi connectivity index (χ1n) is 7.96. The molecule has 0 unspecified atom stereocenters. The molecule has 9 nitrogen and oxygen atoms in total. The summed E-state index contributed by atoms with van der Waals surface area (Å²) in [6.45, 7) is 2.66. The van der Waals surface area contributed by atoms with Gasteiger partial charge in [-0.05, 0) is 30.7 Å². The summed E-state index contributed by atoms with van der Waals surface area (Å²) in [4.78, 5) is 32.7. The van der Waals surface area contributed by atoms with E-state index in [-0.39, 0.29) is 17.3 Å². The third kappa shape index (κ3) is 4.88. The summed E-state index contributed by atoms with van der Waals surface area (Å²) in [6.07, 6.45) is 3.05. The van der Waals surface area contributed by atoms with E-state index in [1.807, 2.05) is 6.92 Å². The van der Waals surface area contributed by atoms with Crippen LogP contribution in [0.15, 0.2) is 35.1 Å². The van der Waals surface area contributed by atoms with E-state index in [1.54, 1.807) is 36.2 Å². The number of nitrogens with zero attached hydrogens (tertiary/aromatic N) is 4. The predicted molar refractivity (Wildman–Crippen MR) is 102 cm³/mol. The first-order valence-corrected chi connectivity index (χ1v) is 8.75. The number of hydrazine groups is 1. The number of anilines is 2. The van der Waals surface area contributed by atoms with E-state index in [9.17, 15) is 14.9 Å². The minimum atomic E-state index is -0.564. The SMILES string of the molecule is CCCCN(C)c1ncnc(NNC(=O)c2ccc(Br)cc2)c1[N+](=O)[O-]. The number of hydrogen-bond donors (Lipinski definition) is 2. The number of hydrogen-bond acceptors (Lipinski definition) is 7. The second-order valence-corrected chi connectivity index (χ2v) is 6.43. The molecule has 0 fully saturated rings. The molecule has 138 valence electrons. The molecule has 0 saturated heterocycles. The van der Waals surface area contributed by atoms with Crippen molar-refractivity contribution in [2.24, 2.45) is 0 Å². The zero-order valence-electron chi connectivity index (χ0n) is 14.4. The third-order valence-electron chi connectivity index (χ3n) is 3.60. The summed E-state index contributed by atoms with van der Waals surface area (Å²) in [7, 11) is 1.73. The Hall–Kier alpha value is -2.75. The molecule has 0 aliphatic rings. The van der Waals surface area contributed by atoms with Crippen LogP contribution >= 0.6 is 15.9 Å². The molecule has 0 saturated carbocycles. The van der Waals surface area contributed by atoms with E-state index in [4.69, 9.17) is 0 Å². The molecule has 0 spiro atoms. The first kappa shape index (κ1) is 19.6. The summed E-state index contributed by atoms with van der Waals surface area (Å²) in [6, 6.07) is 6.70. The van der Waals surface area contributed by atoms with Crippen LogP contribution in [0.5, 0.6) is 0 Å².